The van der Waals surface area contributed by atoms with Crippen LogP contribution in [0.4, 0.5) is 9.18 Å². The van der Waals surface area contributed by atoms with Gasteiger partial charge in [-0.2, -0.15) is 0 Å². The molecule has 0 bridgehead atoms. The Bertz CT molecular complexity index is 555. The van der Waals surface area contributed by atoms with Gasteiger partial charge in [0.15, 0.2) is 5.78 Å². The number of hydrogen-bond donors (Lipinski definition) is 1. The Morgan fingerprint density at radius 1 is 1.36 bits per heavy atom. The third-order valence-electron chi connectivity index (χ3n) is 2.80. The Labute approximate surface area is 138 Å². The number of hydrogen-bond acceptors (Lipinski definition) is 3. The molecule has 0 aromatic heterocycles. The Morgan fingerprint density at radius 2 is 2.00 bits per heavy atom. The van der Waals surface area contributed by atoms with Crippen molar-refractivity contribution in [3.8, 4) is 0 Å². The van der Waals surface area contributed by atoms with Gasteiger partial charge in [0.1, 0.15) is 11.4 Å². The number of benzene rings is 1. The van der Waals surface area contributed by atoms with E-state index in [1.807, 2.05) is 0 Å². The van der Waals surface area contributed by atoms with Crippen LogP contribution in [0.15, 0.2) is 22.7 Å². The number of ether oxygens (including phenoxy) is 1. The number of carbonyl (C=O) groups excluding carboxylic acids is 2. The van der Waals surface area contributed by atoms with E-state index < -0.39 is 17.5 Å². The fraction of sp³-hybridized carbons (Fsp3) is 0.500. The number of nitrogens with one attached hydrogen (secondary N) is 1. The summed E-state index contributed by atoms with van der Waals surface area (Å²) in [4.78, 5) is 23.7. The van der Waals surface area contributed by atoms with Gasteiger partial charge in [-0.25, -0.2) is 9.18 Å². The maximum atomic E-state index is 13.0. The highest BCUT2D eigenvalue weighted by Crippen LogP contribution is 2.20. The molecule has 1 N–H and O–H groups in total. The second kappa shape index (κ2) is 7.72. The van der Waals surface area contributed by atoms with Gasteiger partial charge in [0.25, 0.3) is 0 Å². The molecule has 4 nitrogen and oxygen atoms in total. The molecule has 22 heavy (non-hydrogen) atoms. The molecule has 1 atom stereocenters. The molecule has 1 rings (SSSR count). The minimum atomic E-state index is -0.557. The van der Waals surface area contributed by atoms with Gasteiger partial charge in [0.05, 0.1) is 0 Å². The van der Waals surface area contributed by atoms with Gasteiger partial charge in [-0.3, -0.25) is 4.79 Å². The van der Waals surface area contributed by atoms with Crippen LogP contribution in [0.25, 0.3) is 0 Å². The first-order valence-corrected chi connectivity index (χ1v) is 7.85. The predicted octanol–water partition coefficient (Wildman–Crippen LogP) is 4.46. The van der Waals surface area contributed by atoms with E-state index in [9.17, 15) is 14.0 Å². The van der Waals surface area contributed by atoms with Crippen LogP contribution in [-0.2, 0) is 4.74 Å². The minimum absolute atomic E-state index is 0.107. The number of ketones is 1. The van der Waals surface area contributed by atoms with Crippen molar-refractivity contribution < 1.29 is 18.7 Å². The predicted molar refractivity (Wildman–Crippen MR) is 86.5 cm³/mol. The Hall–Kier alpha value is -1.43. The standard InChI is InChI=1S/C16H21BrFNO3/c1-10(19-15(21)22-16(2,3)4)5-8-14(20)12-7-6-11(18)9-13(12)17/h6-7,9-10H,5,8H2,1-4H3,(H,19,21). The Balaban J connectivity index is 2.48. The van der Waals surface area contributed by atoms with Crippen molar-refractivity contribution in [1.82, 2.24) is 5.32 Å². The molecule has 0 saturated heterocycles. The zero-order valence-electron chi connectivity index (χ0n) is 13.2. The molecule has 0 saturated carbocycles. The molecule has 1 aromatic carbocycles. The number of rotatable bonds is 5. The number of Topliss-reactive ketones (excluding diaryl/α,β-unsaturated/α-hetero) is 1. The maximum absolute atomic E-state index is 13.0. The van der Waals surface area contributed by atoms with Crippen molar-refractivity contribution in [2.45, 2.75) is 52.2 Å². The lowest BCUT2D eigenvalue weighted by atomic mass is 10.0. The summed E-state index contributed by atoms with van der Waals surface area (Å²) in [5, 5.41) is 2.68. The minimum Gasteiger partial charge on any atom is -0.444 e. The van der Waals surface area contributed by atoms with Crippen LogP contribution in [0, 0.1) is 5.82 Å². The van der Waals surface area contributed by atoms with E-state index in [0.29, 0.717) is 16.5 Å². The van der Waals surface area contributed by atoms with E-state index >= 15 is 0 Å². The average molecular weight is 374 g/mol. The molecule has 0 aliphatic carbocycles. The number of alkyl carbamates (subject to hydrolysis) is 1. The van der Waals surface area contributed by atoms with Crippen LogP contribution in [0.3, 0.4) is 0 Å². The van der Waals surface area contributed by atoms with Gasteiger partial charge in [-0.05, 0) is 68.2 Å². The topological polar surface area (TPSA) is 55.4 Å². The highest BCUT2D eigenvalue weighted by molar-refractivity contribution is 9.10. The molecule has 1 amide bonds. The summed E-state index contributed by atoms with van der Waals surface area (Å²) in [7, 11) is 0. The van der Waals surface area contributed by atoms with E-state index in [2.05, 4.69) is 21.2 Å². The zero-order valence-corrected chi connectivity index (χ0v) is 14.8. The van der Waals surface area contributed by atoms with Crippen molar-refractivity contribution in [3.05, 3.63) is 34.1 Å². The molecule has 1 aromatic rings. The van der Waals surface area contributed by atoms with Gasteiger partial charge in [-0.1, -0.05) is 0 Å². The van der Waals surface area contributed by atoms with Gasteiger partial charge in [-0.15, -0.1) is 0 Å². The summed E-state index contributed by atoms with van der Waals surface area (Å²) in [6.07, 6.45) is 0.221. The van der Waals surface area contributed by atoms with Crippen molar-refractivity contribution in [2.75, 3.05) is 0 Å². The molecule has 0 heterocycles. The summed E-state index contributed by atoms with van der Waals surface area (Å²) in [5.74, 6) is -0.506. The second-order valence-corrected chi connectivity index (χ2v) is 6.99. The molecule has 6 heteroatoms. The van der Waals surface area contributed by atoms with Crippen LogP contribution < -0.4 is 5.32 Å². The average Bonchev–Trinajstić information content (AvgIpc) is 2.33. The number of carbonyl (C=O) groups is 2. The first-order valence-electron chi connectivity index (χ1n) is 7.06. The molecular formula is C16H21BrFNO3. The number of halogens is 2. The molecule has 0 aliphatic heterocycles. The highest BCUT2D eigenvalue weighted by atomic mass is 79.9. The lowest BCUT2D eigenvalue weighted by molar-refractivity contribution is 0.0504. The van der Waals surface area contributed by atoms with E-state index in [-0.39, 0.29) is 18.2 Å². The summed E-state index contributed by atoms with van der Waals surface area (Å²) in [6.45, 7) is 7.16. The summed E-state index contributed by atoms with van der Waals surface area (Å²) < 4.78 is 18.6. The first-order chi connectivity index (χ1) is 10.1. The number of amides is 1. The van der Waals surface area contributed by atoms with Crippen molar-refractivity contribution >= 4 is 27.8 Å². The molecule has 0 fully saturated rings. The van der Waals surface area contributed by atoms with Gasteiger partial charge >= 0.3 is 6.09 Å². The quantitative estimate of drug-likeness (QED) is 0.774. The maximum Gasteiger partial charge on any atom is 0.407 e. The van der Waals surface area contributed by atoms with Gasteiger partial charge in [0, 0.05) is 22.5 Å². The van der Waals surface area contributed by atoms with Gasteiger partial charge < -0.3 is 10.1 Å². The van der Waals surface area contributed by atoms with Crippen LogP contribution in [0.5, 0.6) is 0 Å². The molecule has 1 unspecified atom stereocenters. The summed E-state index contributed by atoms with van der Waals surface area (Å²) >= 11 is 3.18. The molecule has 0 aliphatic rings. The first kappa shape index (κ1) is 18.6. The van der Waals surface area contributed by atoms with E-state index in [0.717, 1.165) is 0 Å². The molecule has 0 spiro atoms. The fourth-order valence-electron chi connectivity index (χ4n) is 1.78. The second-order valence-electron chi connectivity index (χ2n) is 6.13. The van der Waals surface area contributed by atoms with Crippen molar-refractivity contribution in [3.63, 3.8) is 0 Å². The molecule has 0 radical (unpaired) electrons. The highest BCUT2D eigenvalue weighted by Gasteiger charge is 2.18. The van der Waals surface area contributed by atoms with E-state index in [1.165, 1.54) is 18.2 Å². The smallest absolute Gasteiger partial charge is 0.407 e. The van der Waals surface area contributed by atoms with E-state index in [4.69, 9.17) is 4.74 Å². The molecular weight excluding hydrogens is 353 g/mol. The summed E-state index contributed by atoms with van der Waals surface area (Å²) in [5.41, 5.74) is -0.121. The lowest BCUT2D eigenvalue weighted by Crippen LogP contribution is -2.37. The fourth-order valence-corrected chi connectivity index (χ4v) is 2.35. The third-order valence-corrected chi connectivity index (χ3v) is 3.46. The molecule has 122 valence electrons. The Kier molecular flexibility index (Phi) is 6.53. The van der Waals surface area contributed by atoms with E-state index in [1.54, 1.807) is 27.7 Å². The third kappa shape index (κ3) is 6.56. The Morgan fingerprint density at radius 3 is 2.55 bits per heavy atom. The van der Waals surface area contributed by atoms with Crippen molar-refractivity contribution in [2.24, 2.45) is 0 Å². The SMILES string of the molecule is CC(CCC(=O)c1ccc(F)cc1Br)NC(=O)OC(C)(C)C. The van der Waals surface area contributed by atoms with Crippen LogP contribution >= 0.6 is 15.9 Å². The van der Waals surface area contributed by atoms with Crippen LogP contribution in [0.1, 0.15) is 50.9 Å². The van der Waals surface area contributed by atoms with Crippen LogP contribution in [0.2, 0.25) is 0 Å². The summed E-state index contributed by atoms with van der Waals surface area (Å²) in [6, 6.07) is 3.77. The normalized spacial score (nSPS) is 12.6. The lowest BCUT2D eigenvalue weighted by Gasteiger charge is -2.21. The monoisotopic (exact) mass is 373 g/mol. The zero-order chi connectivity index (χ0) is 16.9. The van der Waals surface area contributed by atoms with Crippen molar-refractivity contribution in [1.29, 1.82) is 0 Å². The largest absolute Gasteiger partial charge is 0.444 e. The van der Waals surface area contributed by atoms with Crippen LogP contribution in [-0.4, -0.2) is 23.5 Å². The van der Waals surface area contributed by atoms with Gasteiger partial charge in [0.2, 0.25) is 0 Å².